The van der Waals surface area contributed by atoms with Gasteiger partial charge in [-0.15, -0.1) is 0 Å². The molecule has 0 aromatic rings. The van der Waals surface area contributed by atoms with Gasteiger partial charge in [0.15, 0.2) is 0 Å². The third-order valence-electron chi connectivity index (χ3n) is 4.53. The molecule has 0 saturated heterocycles. The van der Waals surface area contributed by atoms with Crippen molar-refractivity contribution in [2.24, 2.45) is 17.8 Å². The molecule has 4 aliphatic rings. The van der Waals surface area contributed by atoms with Crippen molar-refractivity contribution in [2.75, 3.05) is 0 Å². The van der Waals surface area contributed by atoms with E-state index in [1.807, 2.05) is 0 Å². The zero-order chi connectivity index (χ0) is 9.97. The zero-order valence-electron chi connectivity index (χ0n) is 8.15. The summed E-state index contributed by atoms with van der Waals surface area (Å²) in [5.74, 6) is 1.72. The second-order valence-electron chi connectivity index (χ2n) is 5.58. The molecule has 0 amide bonds. The molecule has 4 bridgehead atoms. The molecule has 15 heavy (non-hydrogen) atoms. The molecule has 0 aromatic heterocycles. The Balaban J connectivity index is 0.000000853. The third kappa shape index (κ3) is 1.82. The monoisotopic (exact) mass is 240 g/mol. The van der Waals surface area contributed by atoms with Crippen LogP contribution in [0.3, 0.4) is 0 Å². The second-order valence-corrected chi connectivity index (χ2v) is 7.39. The standard InChI is InChI=1S/C10H16O3S.Na.H/c11-14(12,13)10-4-7-1-8(5-10)3-9(2-7)6-10;;/h7-9H,1-6H2,(H,11,12,13);;. The van der Waals surface area contributed by atoms with E-state index >= 15 is 0 Å². The van der Waals surface area contributed by atoms with Crippen LogP contribution in [0.2, 0.25) is 0 Å². The van der Waals surface area contributed by atoms with E-state index in [0.717, 1.165) is 19.3 Å². The van der Waals surface area contributed by atoms with Gasteiger partial charge in [0, 0.05) is 0 Å². The van der Waals surface area contributed by atoms with Gasteiger partial charge in [0.2, 0.25) is 0 Å². The fraction of sp³-hybridized carbons (Fsp3) is 1.00. The van der Waals surface area contributed by atoms with Gasteiger partial charge in [-0.1, -0.05) is 0 Å². The fourth-order valence-electron chi connectivity index (χ4n) is 4.35. The molecule has 82 valence electrons. The number of hydrogen-bond acceptors (Lipinski definition) is 2. The van der Waals surface area contributed by atoms with Crippen molar-refractivity contribution >= 4 is 39.7 Å². The summed E-state index contributed by atoms with van der Waals surface area (Å²) in [5.41, 5.74) is 0. The molecular formula is C10H17NaO3S. The average molecular weight is 240 g/mol. The van der Waals surface area contributed by atoms with E-state index in [0.29, 0.717) is 17.8 Å². The Morgan fingerprint density at radius 1 is 0.933 bits per heavy atom. The van der Waals surface area contributed by atoms with Crippen molar-refractivity contribution in [1.82, 2.24) is 0 Å². The molecular weight excluding hydrogens is 223 g/mol. The minimum absolute atomic E-state index is 0. The van der Waals surface area contributed by atoms with Crippen LogP contribution in [0.1, 0.15) is 38.5 Å². The summed E-state index contributed by atoms with van der Waals surface area (Å²) in [6.45, 7) is 0. The van der Waals surface area contributed by atoms with E-state index in [-0.39, 0.29) is 29.6 Å². The van der Waals surface area contributed by atoms with Crippen molar-refractivity contribution in [2.45, 2.75) is 43.3 Å². The normalized spacial score (nSPS) is 47.7. The topological polar surface area (TPSA) is 54.4 Å². The van der Waals surface area contributed by atoms with Gasteiger partial charge >= 0.3 is 29.6 Å². The molecule has 4 aliphatic carbocycles. The molecule has 0 spiro atoms. The van der Waals surface area contributed by atoms with E-state index in [9.17, 15) is 13.0 Å². The van der Waals surface area contributed by atoms with E-state index in [2.05, 4.69) is 0 Å². The Hall–Kier alpha value is 0.910. The van der Waals surface area contributed by atoms with Crippen LogP contribution in [0.5, 0.6) is 0 Å². The molecule has 0 aromatic carbocycles. The van der Waals surface area contributed by atoms with E-state index in [4.69, 9.17) is 0 Å². The average Bonchev–Trinajstić information content (AvgIpc) is 1.98. The van der Waals surface area contributed by atoms with Crippen LogP contribution >= 0.6 is 0 Å². The van der Waals surface area contributed by atoms with Crippen LogP contribution in [0, 0.1) is 17.8 Å². The minimum atomic E-state index is -3.82. The third-order valence-corrected chi connectivity index (χ3v) is 6.12. The molecule has 4 rings (SSSR count). The molecule has 3 nitrogen and oxygen atoms in total. The van der Waals surface area contributed by atoms with Crippen LogP contribution in [-0.2, 0) is 10.1 Å². The van der Waals surface area contributed by atoms with Gasteiger partial charge in [0.05, 0.1) is 4.75 Å². The first-order valence-electron chi connectivity index (χ1n) is 5.45. The molecule has 0 heterocycles. The van der Waals surface area contributed by atoms with E-state index < -0.39 is 14.9 Å². The molecule has 1 N–H and O–H groups in total. The van der Waals surface area contributed by atoms with Crippen molar-refractivity contribution in [3.05, 3.63) is 0 Å². The summed E-state index contributed by atoms with van der Waals surface area (Å²) in [7, 11) is -3.82. The quantitative estimate of drug-likeness (QED) is 0.553. The molecule has 0 unspecified atom stereocenters. The number of hydrogen-bond donors (Lipinski definition) is 1. The van der Waals surface area contributed by atoms with Gasteiger partial charge in [0.25, 0.3) is 10.1 Å². The second kappa shape index (κ2) is 3.70. The van der Waals surface area contributed by atoms with Gasteiger partial charge in [-0.3, -0.25) is 4.55 Å². The summed E-state index contributed by atoms with van der Waals surface area (Å²) < 4.78 is 31.5. The first-order valence-corrected chi connectivity index (χ1v) is 6.89. The SMILES string of the molecule is O=S(=O)(O)C12CC3CC(CC(C3)C1)C2.[NaH]. The van der Waals surface area contributed by atoms with Crippen molar-refractivity contribution in [3.8, 4) is 0 Å². The zero-order valence-corrected chi connectivity index (χ0v) is 8.96. The first-order chi connectivity index (χ1) is 6.48. The predicted molar refractivity (Wildman–Crippen MR) is 59.6 cm³/mol. The maximum atomic E-state index is 11.4. The van der Waals surface area contributed by atoms with Crippen molar-refractivity contribution in [1.29, 1.82) is 0 Å². The summed E-state index contributed by atoms with van der Waals surface area (Å²) in [6, 6.07) is 0. The molecule has 4 fully saturated rings. The Morgan fingerprint density at radius 2 is 1.27 bits per heavy atom. The molecule has 0 radical (unpaired) electrons. The van der Waals surface area contributed by atoms with Crippen LogP contribution < -0.4 is 0 Å². The first kappa shape index (κ1) is 12.4. The summed E-state index contributed by atoms with van der Waals surface area (Å²) >= 11 is 0. The molecule has 4 saturated carbocycles. The summed E-state index contributed by atoms with van der Waals surface area (Å²) in [6.07, 6.45) is 5.77. The van der Waals surface area contributed by atoms with E-state index in [1.54, 1.807) is 0 Å². The van der Waals surface area contributed by atoms with Crippen molar-refractivity contribution in [3.63, 3.8) is 0 Å². The van der Waals surface area contributed by atoms with Crippen molar-refractivity contribution < 1.29 is 13.0 Å². The van der Waals surface area contributed by atoms with Crippen LogP contribution in [-0.4, -0.2) is 47.3 Å². The summed E-state index contributed by atoms with van der Waals surface area (Å²) in [5, 5.41) is 0. The molecule has 0 aliphatic heterocycles. The van der Waals surface area contributed by atoms with Gasteiger partial charge in [-0.2, -0.15) is 8.42 Å². The van der Waals surface area contributed by atoms with Crippen LogP contribution in [0.15, 0.2) is 0 Å². The maximum absolute atomic E-state index is 11.4. The fourth-order valence-corrected chi connectivity index (χ4v) is 5.69. The Labute approximate surface area is 113 Å². The van der Waals surface area contributed by atoms with Gasteiger partial charge in [-0.25, -0.2) is 0 Å². The van der Waals surface area contributed by atoms with Gasteiger partial charge < -0.3 is 0 Å². The van der Waals surface area contributed by atoms with Gasteiger partial charge in [0.1, 0.15) is 0 Å². The summed E-state index contributed by atoms with van der Waals surface area (Å²) in [4.78, 5) is 0. The number of rotatable bonds is 1. The predicted octanol–water partition coefficient (Wildman–Crippen LogP) is 1.19. The Kier molecular flexibility index (Phi) is 3.05. The Morgan fingerprint density at radius 3 is 1.53 bits per heavy atom. The van der Waals surface area contributed by atoms with Crippen LogP contribution in [0.4, 0.5) is 0 Å². The van der Waals surface area contributed by atoms with E-state index in [1.165, 1.54) is 19.3 Å². The molecule has 5 heteroatoms. The molecule has 0 atom stereocenters. The Bertz CT molecular complexity index is 328. The van der Waals surface area contributed by atoms with Gasteiger partial charge in [-0.05, 0) is 56.3 Å². The van der Waals surface area contributed by atoms with Crippen LogP contribution in [0.25, 0.3) is 0 Å².